The monoisotopic (exact) mass is 424 g/mol. The second-order valence-electron chi connectivity index (χ2n) is 6.77. The minimum absolute atomic E-state index is 0.0824. The molecule has 6 nitrogen and oxygen atoms in total. The number of fused-ring (bicyclic) bond motifs is 1. The highest BCUT2D eigenvalue weighted by atomic mass is 35.5. The van der Waals surface area contributed by atoms with E-state index in [9.17, 15) is 4.79 Å². The van der Waals surface area contributed by atoms with E-state index in [2.05, 4.69) is 32.4 Å². The number of benzene rings is 1. The minimum Gasteiger partial charge on any atom is -0.459 e. The van der Waals surface area contributed by atoms with Crippen LogP contribution < -0.4 is 4.90 Å². The standard InChI is InChI=1S/C21H17ClN4O2S/c22-21-23-18(17-15(13-29-19(17)24-21)14-5-2-1-3-6-14)25-8-10-26(11-9-25)20(27)16-7-4-12-28-16/h1-7,12-13H,8-11H2. The maximum atomic E-state index is 12.5. The number of furan rings is 1. The fourth-order valence-corrected chi connectivity index (χ4v) is 4.79. The van der Waals surface area contributed by atoms with Crippen LogP contribution in [0.25, 0.3) is 21.3 Å². The van der Waals surface area contributed by atoms with Gasteiger partial charge in [-0.2, -0.15) is 4.98 Å². The molecular weight excluding hydrogens is 408 g/mol. The number of anilines is 1. The molecule has 1 aromatic carbocycles. The van der Waals surface area contributed by atoms with E-state index in [1.54, 1.807) is 28.4 Å². The van der Waals surface area contributed by atoms with Crippen molar-refractivity contribution in [2.24, 2.45) is 0 Å². The average Bonchev–Trinajstić information content (AvgIpc) is 3.44. The molecule has 3 aromatic heterocycles. The van der Waals surface area contributed by atoms with E-state index in [4.69, 9.17) is 16.0 Å². The number of piperazine rings is 1. The molecule has 0 N–H and O–H groups in total. The van der Waals surface area contributed by atoms with Crippen molar-refractivity contribution >= 4 is 44.9 Å². The van der Waals surface area contributed by atoms with Crippen LogP contribution in [0.5, 0.6) is 0 Å². The van der Waals surface area contributed by atoms with Gasteiger partial charge in [0.2, 0.25) is 5.28 Å². The molecule has 0 radical (unpaired) electrons. The maximum absolute atomic E-state index is 12.5. The van der Waals surface area contributed by atoms with Crippen molar-refractivity contribution in [3.8, 4) is 11.1 Å². The number of rotatable bonds is 3. The van der Waals surface area contributed by atoms with Crippen LogP contribution >= 0.6 is 22.9 Å². The van der Waals surface area contributed by atoms with E-state index in [1.807, 2.05) is 18.2 Å². The molecule has 0 aliphatic carbocycles. The number of hydrogen-bond donors (Lipinski definition) is 0. The zero-order chi connectivity index (χ0) is 19.8. The summed E-state index contributed by atoms with van der Waals surface area (Å²) >= 11 is 7.79. The number of thiophene rings is 1. The summed E-state index contributed by atoms with van der Waals surface area (Å²) < 4.78 is 5.25. The Morgan fingerprint density at radius 1 is 1.03 bits per heavy atom. The molecule has 146 valence electrons. The van der Waals surface area contributed by atoms with Crippen LogP contribution in [0, 0.1) is 0 Å². The Balaban J connectivity index is 1.46. The molecule has 4 heterocycles. The Morgan fingerprint density at radius 3 is 2.55 bits per heavy atom. The SMILES string of the molecule is O=C(c1ccco1)N1CCN(c2nc(Cl)nc3scc(-c4ccccc4)c23)CC1. The average molecular weight is 425 g/mol. The summed E-state index contributed by atoms with van der Waals surface area (Å²) in [5.41, 5.74) is 2.23. The lowest BCUT2D eigenvalue weighted by Gasteiger charge is -2.35. The summed E-state index contributed by atoms with van der Waals surface area (Å²) in [4.78, 5) is 26.4. The van der Waals surface area contributed by atoms with Gasteiger partial charge in [-0.25, -0.2) is 4.98 Å². The predicted octanol–water partition coefficient (Wildman–Crippen LogP) is 4.57. The zero-order valence-electron chi connectivity index (χ0n) is 15.4. The van der Waals surface area contributed by atoms with Gasteiger partial charge in [-0.15, -0.1) is 11.3 Å². The van der Waals surface area contributed by atoms with Gasteiger partial charge in [0.15, 0.2) is 5.76 Å². The second kappa shape index (κ2) is 7.50. The molecule has 1 aliphatic rings. The van der Waals surface area contributed by atoms with Crippen molar-refractivity contribution < 1.29 is 9.21 Å². The van der Waals surface area contributed by atoms with E-state index < -0.39 is 0 Å². The highest BCUT2D eigenvalue weighted by Crippen LogP contribution is 2.39. The largest absolute Gasteiger partial charge is 0.459 e. The fraction of sp³-hybridized carbons (Fsp3) is 0.190. The van der Waals surface area contributed by atoms with Gasteiger partial charge in [0.1, 0.15) is 10.6 Å². The van der Waals surface area contributed by atoms with Crippen LogP contribution in [-0.2, 0) is 0 Å². The summed E-state index contributed by atoms with van der Waals surface area (Å²) in [6, 6.07) is 13.6. The van der Waals surface area contributed by atoms with Crippen LogP contribution in [0.4, 0.5) is 5.82 Å². The first-order valence-electron chi connectivity index (χ1n) is 9.28. The highest BCUT2D eigenvalue weighted by Gasteiger charge is 2.27. The van der Waals surface area contributed by atoms with Crippen LogP contribution in [0.15, 0.2) is 58.5 Å². The molecule has 0 unspecified atom stereocenters. The number of amides is 1. The van der Waals surface area contributed by atoms with E-state index in [1.165, 1.54) is 6.26 Å². The second-order valence-corrected chi connectivity index (χ2v) is 7.96. The Morgan fingerprint density at radius 2 is 1.83 bits per heavy atom. The van der Waals surface area contributed by atoms with E-state index in [0.29, 0.717) is 31.9 Å². The van der Waals surface area contributed by atoms with Gasteiger partial charge < -0.3 is 14.2 Å². The molecule has 0 saturated carbocycles. The van der Waals surface area contributed by atoms with Gasteiger partial charge >= 0.3 is 0 Å². The van der Waals surface area contributed by atoms with E-state index in [0.717, 1.165) is 27.2 Å². The third kappa shape index (κ3) is 3.36. The molecule has 1 saturated heterocycles. The lowest BCUT2D eigenvalue weighted by atomic mass is 10.1. The molecule has 0 atom stereocenters. The summed E-state index contributed by atoms with van der Waals surface area (Å²) in [6.07, 6.45) is 1.52. The lowest BCUT2D eigenvalue weighted by Crippen LogP contribution is -2.49. The highest BCUT2D eigenvalue weighted by molar-refractivity contribution is 7.17. The van der Waals surface area contributed by atoms with Crippen molar-refractivity contribution in [2.75, 3.05) is 31.1 Å². The minimum atomic E-state index is -0.0824. The van der Waals surface area contributed by atoms with Gasteiger partial charge in [0.25, 0.3) is 5.91 Å². The molecule has 0 spiro atoms. The molecular formula is C21H17ClN4O2S. The molecule has 1 amide bonds. The number of halogens is 1. The van der Waals surface area contributed by atoms with Crippen LogP contribution in [0.1, 0.15) is 10.6 Å². The number of carbonyl (C=O) groups excluding carboxylic acids is 1. The Hall–Kier alpha value is -2.90. The topological polar surface area (TPSA) is 62.5 Å². The quantitative estimate of drug-likeness (QED) is 0.451. The molecule has 1 fully saturated rings. The first kappa shape index (κ1) is 18.1. The molecule has 0 bridgehead atoms. The summed E-state index contributed by atoms with van der Waals surface area (Å²) in [5, 5.41) is 3.35. The lowest BCUT2D eigenvalue weighted by molar-refractivity contribution is 0.0714. The maximum Gasteiger partial charge on any atom is 0.289 e. The molecule has 29 heavy (non-hydrogen) atoms. The van der Waals surface area contributed by atoms with Crippen molar-refractivity contribution in [1.82, 2.24) is 14.9 Å². The van der Waals surface area contributed by atoms with Crippen molar-refractivity contribution in [1.29, 1.82) is 0 Å². The van der Waals surface area contributed by atoms with Gasteiger partial charge in [-0.1, -0.05) is 30.3 Å². The number of aromatic nitrogens is 2. The molecule has 5 rings (SSSR count). The molecule has 8 heteroatoms. The smallest absolute Gasteiger partial charge is 0.289 e. The van der Waals surface area contributed by atoms with Crippen LogP contribution in [0.2, 0.25) is 5.28 Å². The third-order valence-electron chi connectivity index (χ3n) is 5.07. The summed E-state index contributed by atoms with van der Waals surface area (Å²) in [6.45, 7) is 2.51. The van der Waals surface area contributed by atoms with E-state index in [-0.39, 0.29) is 11.2 Å². The van der Waals surface area contributed by atoms with Gasteiger partial charge in [-0.3, -0.25) is 4.79 Å². The summed E-state index contributed by atoms with van der Waals surface area (Å²) in [5.74, 6) is 1.11. The van der Waals surface area contributed by atoms with Crippen molar-refractivity contribution in [3.05, 3.63) is 65.2 Å². The Kier molecular flexibility index (Phi) is 4.69. The van der Waals surface area contributed by atoms with Crippen LogP contribution in [-0.4, -0.2) is 47.0 Å². The first-order chi connectivity index (χ1) is 14.2. The van der Waals surface area contributed by atoms with Gasteiger partial charge in [-0.05, 0) is 29.3 Å². The molecule has 1 aliphatic heterocycles. The number of nitrogens with zero attached hydrogens (tertiary/aromatic N) is 4. The van der Waals surface area contributed by atoms with E-state index >= 15 is 0 Å². The Labute approximate surface area is 176 Å². The normalized spacial score (nSPS) is 14.5. The summed E-state index contributed by atoms with van der Waals surface area (Å²) in [7, 11) is 0. The Bertz CT molecular complexity index is 1150. The van der Waals surface area contributed by atoms with Crippen molar-refractivity contribution in [3.63, 3.8) is 0 Å². The van der Waals surface area contributed by atoms with Crippen LogP contribution in [0.3, 0.4) is 0 Å². The number of carbonyl (C=O) groups is 1. The zero-order valence-corrected chi connectivity index (χ0v) is 17.0. The molecule has 4 aromatic rings. The van der Waals surface area contributed by atoms with Gasteiger partial charge in [0.05, 0.1) is 11.6 Å². The number of hydrogen-bond acceptors (Lipinski definition) is 6. The first-order valence-corrected chi connectivity index (χ1v) is 10.5. The fourth-order valence-electron chi connectivity index (χ4n) is 3.63. The predicted molar refractivity (Wildman–Crippen MR) is 115 cm³/mol. The third-order valence-corrected chi connectivity index (χ3v) is 6.11. The van der Waals surface area contributed by atoms with Gasteiger partial charge in [0, 0.05) is 37.1 Å². The van der Waals surface area contributed by atoms with Crippen molar-refractivity contribution in [2.45, 2.75) is 0 Å².